The van der Waals surface area contributed by atoms with Gasteiger partial charge >= 0.3 is 0 Å². The number of rotatable bonds is 4. The molecule has 1 aromatic carbocycles. The Bertz CT molecular complexity index is 465. The first-order valence-electron chi connectivity index (χ1n) is 8.17. The number of anilines is 1. The van der Waals surface area contributed by atoms with Crippen LogP contribution in [0.2, 0.25) is 5.02 Å². The lowest BCUT2D eigenvalue weighted by Crippen LogP contribution is -2.35. The average Bonchev–Trinajstić information content (AvgIpc) is 2.45. The normalized spacial score (nSPS) is 19.9. The third-order valence-corrected chi connectivity index (χ3v) is 4.66. The molecule has 1 atom stereocenters. The lowest BCUT2D eigenvalue weighted by Gasteiger charge is -2.34. The number of hydrogen-bond acceptors (Lipinski definition) is 2. The summed E-state index contributed by atoms with van der Waals surface area (Å²) in [4.78, 5) is 2.49. The van der Waals surface area contributed by atoms with Crippen molar-refractivity contribution in [2.75, 3.05) is 18.0 Å². The molecule has 0 aliphatic carbocycles. The van der Waals surface area contributed by atoms with Gasteiger partial charge in [-0.25, -0.2) is 0 Å². The summed E-state index contributed by atoms with van der Waals surface area (Å²) < 4.78 is 0. The Balaban J connectivity index is 2.04. The van der Waals surface area contributed by atoms with E-state index in [0.717, 1.165) is 24.0 Å². The summed E-state index contributed by atoms with van der Waals surface area (Å²) in [5.41, 5.74) is 2.57. The van der Waals surface area contributed by atoms with E-state index in [0.29, 0.717) is 0 Å². The molecule has 1 aliphatic rings. The highest BCUT2D eigenvalue weighted by atomic mass is 35.5. The molecule has 118 valence electrons. The Labute approximate surface area is 134 Å². The second-order valence-corrected chi connectivity index (χ2v) is 7.65. The number of benzene rings is 1. The lowest BCUT2D eigenvalue weighted by atomic mass is 9.95. The van der Waals surface area contributed by atoms with Crippen LogP contribution in [-0.4, -0.2) is 18.6 Å². The van der Waals surface area contributed by atoms with Crippen LogP contribution < -0.4 is 10.2 Å². The molecule has 2 rings (SSSR count). The predicted molar refractivity (Wildman–Crippen MR) is 93.3 cm³/mol. The van der Waals surface area contributed by atoms with Crippen molar-refractivity contribution in [1.29, 1.82) is 0 Å². The summed E-state index contributed by atoms with van der Waals surface area (Å²) in [6.07, 6.45) is 3.94. The van der Waals surface area contributed by atoms with Crippen LogP contribution in [-0.2, 0) is 6.54 Å². The average molecular weight is 309 g/mol. The molecule has 1 saturated heterocycles. The van der Waals surface area contributed by atoms with Crippen molar-refractivity contribution in [3.05, 3.63) is 28.8 Å². The van der Waals surface area contributed by atoms with E-state index in [1.807, 2.05) is 0 Å². The van der Waals surface area contributed by atoms with Crippen LogP contribution in [0.4, 0.5) is 5.69 Å². The van der Waals surface area contributed by atoms with Crippen molar-refractivity contribution in [3.63, 3.8) is 0 Å². The van der Waals surface area contributed by atoms with E-state index in [1.165, 1.54) is 37.1 Å². The van der Waals surface area contributed by atoms with E-state index in [1.54, 1.807) is 0 Å². The van der Waals surface area contributed by atoms with Crippen molar-refractivity contribution in [1.82, 2.24) is 5.32 Å². The third kappa shape index (κ3) is 4.89. The lowest BCUT2D eigenvalue weighted by molar-refractivity contribution is 0.404. The Morgan fingerprint density at radius 2 is 2.10 bits per heavy atom. The van der Waals surface area contributed by atoms with Crippen molar-refractivity contribution in [3.8, 4) is 0 Å². The molecule has 1 aromatic rings. The maximum atomic E-state index is 6.48. The van der Waals surface area contributed by atoms with E-state index in [2.05, 4.69) is 56.1 Å². The first kappa shape index (κ1) is 16.6. The maximum Gasteiger partial charge on any atom is 0.0471 e. The van der Waals surface area contributed by atoms with Crippen LogP contribution in [0.3, 0.4) is 0 Å². The fourth-order valence-electron chi connectivity index (χ4n) is 2.87. The molecule has 21 heavy (non-hydrogen) atoms. The van der Waals surface area contributed by atoms with E-state index >= 15 is 0 Å². The molecular weight excluding hydrogens is 280 g/mol. The van der Waals surface area contributed by atoms with E-state index in [-0.39, 0.29) is 5.54 Å². The number of halogens is 1. The second-order valence-electron chi connectivity index (χ2n) is 7.24. The Hall–Kier alpha value is -0.730. The Morgan fingerprint density at radius 1 is 1.33 bits per heavy atom. The minimum atomic E-state index is 0.114. The maximum absolute atomic E-state index is 6.48. The van der Waals surface area contributed by atoms with Gasteiger partial charge in [-0.2, -0.15) is 0 Å². The standard InChI is InChI=1S/C18H29ClN2/c1-5-14-7-6-10-21(13-14)16-9-8-15(17(19)11-16)12-20-18(2,3)4/h8-9,11,14,20H,5-7,10,12-13H2,1-4H3. The number of hydrogen-bond donors (Lipinski definition) is 1. The zero-order valence-corrected chi connectivity index (χ0v) is 14.6. The summed E-state index contributed by atoms with van der Waals surface area (Å²) in [5.74, 6) is 0.833. The summed E-state index contributed by atoms with van der Waals surface area (Å²) in [7, 11) is 0. The molecule has 1 aliphatic heterocycles. The van der Waals surface area contributed by atoms with Gasteiger partial charge in [0.2, 0.25) is 0 Å². The predicted octanol–water partition coefficient (Wildman–Crippen LogP) is 4.85. The highest BCUT2D eigenvalue weighted by molar-refractivity contribution is 6.31. The van der Waals surface area contributed by atoms with Crippen LogP contribution in [0.15, 0.2) is 18.2 Å². The Morgan fingerprint density at radius 3 is 2.71 bits per heavy atom. The van der Waals surface area contributed by atoms with Crippen molar-refractivity contribution in [2.24, 2.45) is 5.92 Å². The fraction of sp³-hybridized carbons (Fsp3) is 0.667. The topological polar surface area (TPSA) is 15.3 Å². The van der Waals surface area contributed by atoms with Crippen molar-refractivity contribution >= 4 is 17.3 Å². The molecule has 2 nitrogen and oxygen atoms in total. The van der Waals surface area contributed by atoms with Gasteiger partial charge < -0.3 is 10.2 Å². The molecule has 1 N–H and O–H groups in total. The summed E-state index contributed by atoms with van der Waals surface area (Å²) in [6.45, 7) is 12.0. The highest BCUT2D eigenvalue weighted by Gasteiger charge is 2.19. The largest absolute Gasteiger partial charge is 0.371 e. The summed E-state index contributed by atoms with van der Waals surface area (Å²) in [5, 5.41) is 4.37. The smallest absolute Gasteiger partial charge is 0.0471 e. The van der Waals surface area contributed by atoms with Gasteiger partial charge in [-0.05, 0) is 57.2 Å². The number of piperidine rings is 1. The summed E-state index contributed by atoms with van der Waals surface area (Å²) >= 11 is 6.48. The molecule has 0 bridgehead atoms. The third-order valence-electron chi connectivity index (χ3n) is 4.31. The molecule has 1 fully saturated rings. The van der Waals surface area contributed by atoms with Crippen molar-refractivity contribution < 1.29 is 0 Å². The molecule has 0 amide bonds. The van der Waals surface area contributed by atoms with Crippen LogP contribution in [0, 0.1) is 5.92 Å². The van der Waals surface area contributed by atoms with Gasteiger partial charge in [-0.3, -0.25) is 0 Å². The SMILES string of the molecule is CCC1CCCN(c2ccc(CNC(C)(C)C)c(Cl)c2)C1. The van der Waals surface area contributed by atoms with Gasteiger partial charge in [-0.1, -0.05) is 31.0 Å². The van der Waals surface area contributed by atoms with Gasteiger partial charge in [0.25, 0.3) is 0 Å². The first-order valence-corrected chi connectivity index (χ1v) is 8.55. The van der Waals surface area contributed by atoms with Gasteiger partial charge in [0.1, 0.15) is 0 Å². The van der Waals surface area contributed by atoms with Crippen LogP contribution in [0.1, 0.15) is 52.5 Å². The highest BCUT2D eigenvalue weighted by Crippen LogP contribution is 2.28. The zero-order chi connectivity index (χ0) is 15.5. The molecule has 1 heterocycles. The Kier molecular flexibility index (Phi) is 5.56. The second kappa shape index (κ2) is 7.02. The first-order chi connectivity index (χ1) is 9.89. The van der Waals surface area contributed by atoms with E-state index < -0.39 is 0 Å². The minimum absolute atomic E-state index is 0.114. The van der Waals surface area contributed by atoms with Gasteiger partial charge in [0.05, 0.1) is 0 Å². The van der Waals surface area contributed by atoms with Crippen LogP contribution in [0.25, 0.3) is 0 Å². The van der Waals surface area contributed by atoms with Crippen LogP contribution >= 0.6 is 11.6 Å². The van der Waals surface area contributed by atoms with Gasteiger partial charge in [0, 0.05) is 35.9 Å². The van der Waals surface area contributed by atoms with E-state index in [4.69, 9.17) is 11.6 Å². The van der Waals surface area contributed by atoms with Crippen molar-refractivity contribution in [2.45, 2.75) is 59.0 Å². The minimum Gasteiger partial charge on any atom is -0.371 e. The zero-order valence-electron chi connectivity index (χ0n) is 13.9. The summed E-state index contributed by atoms with van der Waals surface area (Å²) in [6, 6.07) is 6.54. The quantitative estimate of drug-likeness (QED) is 0.855. The monoisotopic (exact) mass is 308 g/mol. The van der Waals surface area contributed by atoms with Crippen LogP contribution in [0.5, 0.6) is 0 Å². The molecule has 0 spiro atoms. The molecule has 0 saturated carbocycles. The molecule has 3 heteroatoms. The number of nitrogens with one attached hydrogen (secondary N) is 1. The number of nitrogens with zero attached hydrogens (tertiary/aromatic N) is 1. The fourth-order valence-corrected chi connectivity index (χ4v) is 3.11. The molecule has 1 unspecified atom stereocenters. The van der Waals surface area contributed by atoms with Gasteiger partial charge in [0.15, 0.2) is 0 Å². The molecular formula is C18H29ClN2. The molecule has 0 aromatic heterocycles. The molecule has 0 radical (unpaired) electrons. The van der Waals surface area contributed by atoms with E-state index in [9.17, 15) is 0 Å². The van der Waals surface area contributed by atoms with Gasteiger partial charge in [-0.15, -0.1) is 0 Å².